The molecule has 0 amide bonds. The summed E-state index contributed by atoms with van der Waals surface area (Å²) in [5.41, 5.74) is 2.22. The molecule has 0 saturated heterocycles. The van der Waals surface area contributed by atoms with Crippen molar-refractivity contribution in [2.75, 3.05) is 0 Å². The molecule has 3 heteroatoms. The summed E-state index contributed by atoms with van der Waals surface area (Å²) in [6.45, 7) is 6.18. The van der Waals surface area contributed by atoms with Crippen LogP contribution in [0.4, 0.5) is 0 Å². The molecular weight excluding hydrogens is 261 g/mol. The summed E-state index contributed by atoms with van der Waals surface area (Å²) in [5.74, 6) is -0.0694. The van der Waals surface area contributed by atoms with Crippen LogP contribution in [0.2, 0.25) is 0 Å². The number of rotatable bonds is 4. The van der Waals surface area contributed by atoms with Gasteiger partial charge >= 0.3 is 105 Å². The van der Waals surface area contributed by atoms with E-state index in [1.54, 1.807) is 0 Å². The van der Waals surface area contributed by atoms with Crippen molar-refractivity contribution in [3.05, 3.63) is 35.4 Å². The van der Waals surface area contributed by atoms with Crippen LogP contribution in [0.25, 0.3) is 0 Å². The summed E-state index contributed by atoms with van der Waals surface area (Å²) in [5, 5.41) is 9.16. The van der Waals surface area contributed by atoms with Gasteiger partial charge in [-0.2, -0.15) is 0 Å². The van der Waals surface area contributed by atoms with Crippen molar-refractivity contribution in [3.63, 3.8) is 0 Å². The molecule has 0 aliphatic rings. The Morgan fingerprint density at radius 2 is 1.88 bits per heavy atom. The van der Waals surface area contributed by atoms with E-state index < -0.39 is 10.2 Å². The maximum atomic E-state index is 11.1. The fraction of sp³-hybridized carbons (Fsp3) is 0.462. The molecule has 0 radical (unpaired) electrons. The monoisotopic (exact) mass is 282 g/mol. The molecule has 1 rings (SSSR count). The van der Waals surface area contributed by atoms with Gasteiger partial charge in [0.15, 0.2) is 0 Å². The molecule has 1 N–H and O–H groups in total. The molecule has 1 aromatic carbocycles. The standard InChI is InChI=1S/C13H20GeO2/c1-9(2)8-10-4-6-11(7-5-10)13(3,14)12(15)16/h4-7,9H,8H2,1-3,14H3,(H,15,16). The first kappa shape index (κ1) is 13.3. The van der Waals surface area contributed by atoms with E-state index in [-0.39, 0.29) is 16.5 Å². The third-order valence-corrected chi connectivity index (χ3v) is 4.96. The van der Waals surface area contributed by atoms with Gasteiger partial charge in [-0.15, -0.1) is 0 Å². The quantitative estimate of drug-likeness (QED) is 0.850. The van der Waals surface area contributed by atoms with E-state index in [0.29, 0.717) is 5.92 Å². The topological polar surface area (TPSA) is 37.3 Å². The summed E-state index contributed by atoms with van der Waals surface area (Å²) in [7, 11) is 0. The van der Waals surface area contributed by atoms with Gasteiger partial charge < -0.3 is 0 Å². The zero-order valence-electron chi connectivity index (χ0n) is 10.4. The second kappa shape index (κ2) is 5.04. The summed E-state index contributed by atoms with van der Waals surface area (Å²) in [4.78, 5) is 11.1. The fourth-order valence-corrected chi connectivity index (χ4v) is 2.35. The summed E-state index contributed by atoms with van der Waals surface area (Å²) in [6.07, 6.45) is 1.05. The Hall–Kier alpha value is -0.767. The molecule has 1 unspecified atom stereocenters. The molecule has 0 bridgehead atoms. The molecule has 1 atom stereocenters. The van der Waals surface area contributed by atoms with E-state index in [9.17, 15) is 4.79 Å². The third kappa shape index (κ3) is 3.11. The first-order chi connectivity index (χ1) is 7.34. The molecule has 0 aromatic heterocycles. The number of hydrogen-bond donors (Lipinski definition) is 1. The number of carbonyl (C=O) groups is 1. The summed E-state index contributed by atoms with van der Waals surface area (Å²) in [6, 6.07) is 8.05. The van der Waals surface area contributed by atoms with E-state index in [0.717, 1.165) is 12.0 Å². The van der Waals surface area contributed by atoms with Crippen LogP contribution in [0, 0.1) is 5.92 Å². The second-order valence-corrected chi connectivity index (χ2v) is 9.42. The van der Waals surface area contributed by atoms with Crippen LogP contribution < -0.4 is 0 Å². The Balaban J connectivity index is 2.91. The van der Waals surface area contributed by atoms with Gasteiger partial charge in [-0.05, 0) is 0 Å². The Morgan fingerprint density at radius 3 is 2.25 bits per heavy atom. The van der Waals surface area contributed by atoms with Gasteiger partial charge in [-0.1, -0.05) is 0 Å². The average molecular weight is 281 g/mol. The molecule has 88 valence electrons. The normalized spacial score (nSPS) is 15.0. The average Bonchev–Trinajstić information content (AvgIpc) is 2.17. The minimum atomic E-state index is -0.705. The fourth-order valence-electron chi connectivity index (χ4n) is 1.65. The SMILES string of the molecule is CC(C)Cc1ccc([C](C)([GeH3])C(=O)O)cc1. The van der Waals surface area contributed by atoms with Gasteiger partial charge in [0.1, 0.15) is 0 Å². The molecule has 0 spiro atoms. The van der Waals surface area contributed by atoms with Crippen molar-refractivity contribution in [3.8, 4) is 0 Å². The molecule has 0 saturated carbocycles. The Labute approximate surface area is 105 Å². The van der Waals surface area contributed by atoms with Crippen molar-refractivity contribution >= 4 is 22.5 Å². The van der Waals surface area contributed by atoms with Gasteiger partial charge in [0.05, 0.1) is 0 Å². The zero-order chi connectivity index (χ0) is 12.3. The van der Waals surface area contributed by atoms with Gasteiger partial charge in [-0.3, -0.25) is 0 Å². The van der Waals surface area contributed by atoms with Crippen molar-refractivity contribution in [2.24, 2.45) is 5.92 Å². The number of benzene rings is 1. The van der Waals surface area contributed by atoms with Crippen LogP contribution in [-0.2, 0) is 15.5 Å². The molecule has 16 heavy (non-hydrogen) atoms. The third-order valence-electron chi connectivity index (χ3n) is 2.85. The van der Waals surface area contributed by atoms with Crippen LogP contribution in [0.5, 0.6) is 0 Å². The Bertz CT molecular complexity index is 366. The summed E-state index contributed by atoms with van der Waals surface area (Å²) >= 11 is 0.228. The molecule has 0 heterocycles. The predicted molar refractivity (Wildman–Crippen MR) is 69.9 cm³/mol. The van der Waals surface area contributed by atoms with Gasteiger partial charge in [0.2, 0.25) is 0 Å². The van der Waals surface area contributed by atoms with Crippen LogP contribution in [0.1, 0.15) is 31.9 Å². The first-order valence-electron chi connectivity index (χ1n) is 5.67. The van der Waals surface area contributed by atoms with E-state index in [1.807, 2.05) is 19.1 Å². The molecule has 0 fully saturated rings. The summed E-state index contributed by atoms with van der Waals surface area (Å²) < 4.78 is -0.622. The van der Waals surface area contributed by atoms with Crippen LogP contribution in [0.15, 0.2) is 24.3 Å². The van der Waals surface area contributed by atoms with Crippen molar-refractivity contribution in [2.45, 2.75) is 31.4 Å². The maximum absolute atomic E-state index is 11.1. The van der Waals surface area contributed by atoms with E-state index in [1.165, 1.54) is 5.56 Å². The van der Waals surface area contributed by atoms with E-state index in [2.05, 4.69) is 26.0 Å². The minimum absolute atomic E-state index is 0.228. The number of aliphatic carboxylic acids is 1. The van der Waals surface area contributed by atoms with E-state index in [4.69, 9.17) is 5.11 Å². The van der Waals surface area contributed by atoms with Crippen molar-refractivity contribution in [1.29, 1.82) is 0 Å². The van der Waals surface area contributed by atoms with E-state index >= 15 is 0 Å². The molecule has 0 aliphatic carbocycles. The Morgan fingerprint density at radius 1 is 1.38 bits per heavy atom. The first-order valence-corrected chi connectivity index (χ1v) is 7.76. The van der Waals surface area contributed by atoms with Crippen molar-refractivity contribution in [1.82, 2.24) is 0 Å². The van der Waals surface area contributed by atoms with Gasteiger partial charge in [0, 0.05) is 0 Å². The molecule has 1 aromatic rings. The van der Waals surface area contributed by atoms with Crippen molar-refractivity contribution < 1.29 is 9.90 Å². The second-order valence-electron chi connectivity index (χ2n) is 5.23. The molecule has 2 nitrogen and oxygen atoms in total. The predicted octanol–water partition coefficient (Wildman–Crippen LogP) is 1.55. The number of carboxylic acid groups (broad SMARTS) is 1. The van der Waals surface area contributed by atoms with Crippen LogP contribution in [0.3, 0.4) is 0 Å². The Kier molecular flexibility index (Phi) is 4.19. The molecule has 0 aliphatic heterocycles. The van der Waals surface area contributed by atoms with Crippen LogP contribution >= 0.6 is 0 Å². The zero-order valence-corrected chi connectivity index (χ0v) is 14.6. The van der Waals surface area contributed by atoms with Gasteiger partial charge in [-0.25, -0.2) is 0 Å². The number of hydrogen-bond acceptors (Lipinski definition) is 1. The van der Waals surface area contributed by atoms with Gasteiger partial charge in [0.25, 0.3) is 0 Å². The number of carboxylic acids is 1. The molecular formula is C13H20GeO2. The van der Waals surface area contributed by atoms with Crippen LogP contribution in [-0.4, -0.2) is 27.6 Å².